The van der Waals surface area contributed by atoms with Crippen LogP contribution in [0.1, 0.15) is 106 Å². The second-order valence-corrected chi connectivity index (χ2v) is 13.9. The summed E-state index contributed by atoms with van der Waals surface area (Å²) < 4.78 is 5.45. The number of aliphatic hydroxyl groups excluding tert-OH is 2. The fourth-order valence-corrected chi connectivity index (χ4v) is 9.38. The van der Waals surface area contributed by atoms with Crippen molar-refractivity contribution in [2.24, 2.45) is 46.3 Å². The Morgan fingerprint density at radius 1 is 1.00 bits per heavy atom. The largest absolute Gasteiger partial charge is 0.450 e. The van der Waals surface area contributed by atoms with Crippen LogP contribution in [0.4, 0.5) is 4.79 Å². The van der Waals surface area contributed by atoms with E-state index < -0.39 is 0 Å². The molecule has 5 heteroatoms. The van der Waals surface area contributed by atoms with E-state index in [9.17, 15) is 15.0 Å². The van der Waals surface area contributed by atoms with Crippen LogP contribution in [-0.2, 0) is 4.74 Å². The van der Waals surface area contributed by atoms with Crippen molar-refractivity contribution in [3.8, 4) is 0 Å². The van der Waals surface area contributed by atoms with Crippen LogP contribution in [0.3, 0.4) is 0 Å². The van der Waals surface area contributed by atoms with Crippen LogP contribution in [0.15, 0.2) is 0 Å². The van der Waals surface area contributed by atoms with Gasteiger partial charge in [-0.2, -0.15) is 0 Å². The van der Waals surface area contributed by atoms with E-state index in [4.69, 9.17) is 4.74 Å². The predicted molar refractivity (Wildman–Crippen MR) is 135 cm³/mol. The zero-order valence-electron chi connectivity index (χ0n) is 22.6. The molecule has 0 spiro atoms. The lowest BCUT2D eigenvalue weighted by molar-refractivity contribution is -0.202. The van der Waals surface area contributed by atoms with E-state index in [0.29, 0.717) is 42.1 Å². The Morgan fingerprint density at radius 2 is 1.68 bits per heavy atom. The number of amides is 1. The average molecular weight is 478 g/mol. The maximum absolute atomic E-state index is 12.0. The van der Waals surface area contributed by atoms with Crippen molar-refractivity contribution < 1.29 is 19.7 Å². The Kier molecular flexibility index (Phi) is 7.39. The average Bonchev–Trinajstić information content (AvgIpc) is 3.08. The number of rotatable bonds is 5. The molecule has 4 aliphatic rings. The molecule has 0 saturated heterocycles. The molecule has 0 aromatic rings. The zero-order chi connectivity index (χ0) is 24.9. The summed E-state index contributed by atoms with van der Waals surface area (Å²) in [6, 6.07) is 0. The summed E-state index contributed by atoms with van der Waals surface area (Å²) in [7, 11) is 0. The number of carbonyl (C=O) groups excluding carboxylic acids is 1. The second kappa shape index (κ2) is 9.57. The van der Waals surface area contributed by atoms with E-state index in [1.54, 1.807) is 0 Å². The molecule has 0 aromatic heterocycles. The van der Waals surface area contributed by atoms with Gasteiger partial charge in [0, 0.05) is 5.54 Å². The number of hydrogen-bond acceptors (Lipinski definition) is 4. The fraction of sp³-hybridized carbons (Fsp3) is 0.966. The molecule has 4 aliphatic carbocycles. The van der Waals surface area contributed by atoms with E-state index in [0.717, 1.165) is 38.5 Å². The Bertz CT molecular complexity index is 734. The smallest absolute Gasteiger partial charge is 0.407 e. The highest BCUT2D eigenvalue weighted by molar-refractivity contribution is 5.67. The van der Waals surface area contributed by atoms with Crippen LogP contribution in [0.2, 0.25) is 0 Å². The van der Waals surface area contributed by atoms with Crippen molar-refractivity contribution in [1.82, 2.24) is 5.32 Å². The number of nitrogens with one attached hydrogen (secondary N) is 1. The number of aliphatic hydroxyl groups is 2. The van der Waals surface area contributed by atoms with Gasteiger partial charge in [0.05, 0.1) is 18.8 Å². The summed E-state index contributed by atoms with van der Waals surface area (Å²) in [5.74, 6) is 3.00. The molecule has 0 radical (unpaired) electrons. The van der Waals surface area contributed by atoms with E-state index in [1.165, 1.54) is 25.7 Å². The number of hydrogen-bond donors (Lipinski definition) is 3. The highest BCUT2D eigenvalue weighted by Crippen LogP contribution is 2.69. The highest BCUT2D eigenvalue weighted by Gasteiger charge is 2.64. The standard InChI is InChI=1S/C29H51NO4/c1-7-20-23-17-19(31)12-14-29(23,6)22-13-15-28(5)18(10-11-21(28)24(22)25(20)32)9-8-16-34-26(33)30-27(2,3)4/h18-25,31-32H,7-17H2,1-6H3,(H,30,33)/t18-,19+,20+,21-,22-,23-,24-,25+,28+,29+/m0/s1. The molecule has 1 amide bonds. The monoisotopic (exact) mass is 477 g/mol. The fourth-order valence-electron chi connectivity index (χ4n) is 9.38. The first-order valence-electron chi connectivity index (χ1n) is 14.2. The maximum atomic E-state index is 12.0. The molecule has 4 saturated carbocycles. The predicted octanol–water partition coefficient (Wildman–Crippen LogP) is 5.92. The summed E-state index contributed by atoms with van der Waals surface area (Å²) in [6.07, 6.45) is 10.1. The van der Waals surface area contributed by atoms with Gasteiger partial charge in [0.25, 0.3) is 0 Å². The van der Waals surface area contributed by atoms with Gasteiger partial charge in [0.2, 0.25) is 0 Å². The zero-order valence-corrected chi connectivity index (χ0v) is 22.6. The van der Waals surface area contributed by atoms with Gasteiger partial charge in [0.15, 0.2) is 0 Å². The summed E-state index contributed by atoms with van der Waals surface area (Å²) >= 11 is 0. The summed E-state index contributed by atoms with van der Waals surface area (Å²) in [5.41, 5.74) is 0.272. The topological polar surface area (TPSA) is 78.8 Å². The third kappa shape index (κ3) is 4.65. The summed E-state index contributed by atoms with van der Waals surface area (Å²) in [5, 5.41) is 25.1. The lowest BCUT2D eigenvalue weighted by atomic mass is 9.41. The van der Waals surface area contributed by atoms with Crippen LogP contribution >= 0.6 is 0 Å². The van der Waals surface area contributed by atoms with Crippen LogP contribution in [-0.4, -0.2) is 40.7 Å². The second-order valence-electron chi connectivity index (χ2n) is 13.9. The van der Waals surface area contributed by atoms with Gasteiger partial charge in [-0.25, -0.2) is 4.79 Å². The third-order valence-corrected chi connectivity index (χ3v) is 11.0. The normalized spacial score (nSPS) is 46.2. The van der Waals surface area contributed by atoms with Crippen LogP contribution < -0.4 is 5.32 Å². The molecule has 34 heavy (non-hydrogen) atoms. The first-order chi connectivity index (χ1) is 15.9. The van der Waals surface area contributed by atoms with Gasteiger partial charge < -0.3 is 20.3 Å². The number of fused-ring (bicyclic) bond motifs is 5. The Hall–Kier alpha value is -0.810. The van der Waals surface area contributed by atoms with Crippen molar-refractivity contribution in [1.29, 1.82) is 0 Å². The minimum absolute atomic E-state index is 0.187. The molecular weight excluding hydrogens is 426 g/mol. The molecule has 0 heterocycles. The quantitative estimate of drug-likeness (QED) is 0.430. The third-order valence-electron chi connectivity index (χ3n) is 11.0. The number of ether oxygens (including phenoxy) is 1. The van der Waals surface area contributed by atoms with Crippen LogP contribution in [0.25, 0.3) is 0 Å². The minimum Gasteiger partial charge on any atom is -0.450 e. The molecule has 0 aliphatic heterocycles. The van der Waals surface area contributed by atoms with Gasteiger partial charge in [-0.1, -0.05) is 27.2 Å². The minimum atomic E-state index is -0.320. The number of alkyl carbamates (subject to hydrolysis) is 1. The van der Waals surface area contributed by atoms with E-state index >= 15 is 0 Å². The van der Waals surface area contributed by atoms with Gasteiger partial charge in [-0.3, -0.25) is 0 Å². The summed E-state index contributed by atoms with van der Waals surface area (Å²) in [6.45, 7) is 13.6. The van der Waals surface area contributed by atoms with E-state index in [2.05, 4.69) is 26.1 Å². The van der Waals surface area contributed by atoms with Crippen molar-refractivity contribution in [2.45, 2.75) is 123 Å². The highest BCUT2D eigenvalue weighted by atomic mass is 16.5. The van der Waals surface area contributed by atoms with Crippen molar-refractivity contribution >= 4 is 6.09 Å². The van der Waals surface area contributed by atoms with Gasteiger partial charge >= 0.3 is 6.09 Å². The molecule has 0 bridgehead atoms. The Labute approximate surface area is 207 Å². The van der Waals surface area contributed by atoms with E-state index in [1.807, 2.05) is 20.8 Å². The van der Waals surface area contributed by atoms with Crippen molar-refractivity contribution in [3.63, 3.8) is 0 Å². The molecule has 4 fully saturated rings. The summed E-state index contributed by atoms with van der Waals surface area (Å²) in [4.78, 5) is 12.0. The van der Waals surface area contributed by atoms with Gasteiger partial charge in [0.1, 0.15) is 0 Å². The molecule has 0 unspecified atom stereocenters. The van der Waals surface area contributed by atoms with Crippen molar-refractivity contribution in [2.75, 3.05) is 6.61 Å². The van der Waals surface area contributed by atoms with Crippen LogP contribution in [0, 0.1) is 46.3 Å². The first kappa shape index (κ1) is 26.3. The first-order valence-corrected chi connectivity index (χ1v) is 14.2. The van der Waals surface area contributed by atoms with Gasteiger partial charge in [-0.05, 0) is 125 Å². The van der Waals surface area contributed by atoms with Gasteiger partial charge in [-0.15, -0.1) is 0 Å². The Morgan fingerprint density at radius 3 is 2.35 bits per heavy atom. The lowest BCUT2D eigenvalue weighted by Crippen LogP contribution is -2.62. The molecule has 3 N–H and O–H groups in total. The SMILES string of the molecule is CC[C@H]1[C@@H](O)[C@@H]2[C@H](CC[C@]3(C)[C@@H](CCCOC(=O)NC(C)(C)C)CC[C@@H]23)[C@@]2(C)CC[C@@H](O)C[C@@H]12. The molecule has 196 valence electrons. The molecular formula is C29H51NO4. The van der Waals surface area contributed by atoms with Crippen LogP contribution in [0.5, 0.6) is 0 Å². The molecule has 5 nitrogen and oxygen atoms in total. The number of carbonyl (C=O) groups is 1. The molecule has 0 aromatic carbocycles. The maximum Gasteiger partial charge on any atom is 0.407 e. The molecule has 4 rings (SSSR count). The van der Waals surface area contributed by atoms with E-state index in [-0.39, 0.29) is 34.7 Å². The molecule has 10 atom stereocenters. The lowest BCUT2D eigenvalue weighted by Gasteiger charge is -2.64. The Balaban J connectivity index is 1.42. The van der Waals surface area contributed by atoms with Crippen molar-refractivity contribution in [3.05, 3.63) is 0 Å².